The molecule has 2 heterocycles. The van der Waals surface area contributed by atoms with Gasteiger partial charge in [0.25, 0.3) is 5.56 Å². The highest BCUT2D eigenvalue weighted by Crippen LogP contribution is 2.20. The third-order valence-electron chi connectivity index (χ3n) is 6.90. The van der Waals surface area contributed by atoms with Crippen molar-refractivity contribution < 1.29 is 9.59 Å². The fraction of sp³-hybridized carbons (Fsp3) is 0.429. The van der Waals surface area contributed by atoms with Gasteiger partial charge >= 0.3 is 0 Å². The molecule has 2 aromatic carbocycles. The molecule has 190 valence electrons. The van der Waals surface area contributed by atoms with Gasteiger partial charge in [0.2, 0.25) is 12.3 Å². The molecule has 0 radical (unpaired) electrons. The monoisotopic (exact) mass is 489 g/mol. The maximum Gasteiger partial charge on any atom is 0.261 e. The van der Waals surface area contributed by atoms with Crippen LogP contribution in [0.5, 0.6) is 0 Å². The molecule has 1 atom stereocenters. The molecule has 1 saturated heterocycles. The average molecular weight is 490 g/mol. The summed E-state index contributed by atoms with van der Waals surface area (Å²) in [5.74, 6) is 0.239. The van der Waals surface area contributed by atoms with Gasteiger partial charge in [-0.3, -0.25) is 29.2 Å². The molecular weight excluding hydrogens is 454 g/mol. The van der Waals surface area contributed by atoms with E-state index >= 15 is 0 Å². The minimum absolute atomic E-state index is 0.133. The van der Waals surface area contributed by atoms with Crippen molar-refractivity contribution in [1.82, 2.24) is 19.8 Å². The van der Waals surface area contributed by atoms with Crippen LogP contribution in [0.15, 0.2) is 47.3 Å². The van der Waals surface area contributed by atoms with Crippen LogP contribution in [0.2, 0.25) is 0 Å². The zero-order chi connectivity index (χ0) is 25.5. The maximum atomic E-state index is 13.3. The highest BCUT2D eigenvalue weighted by atomic mass is 16.2. The van der Waals surface area contributed by atoms with Crippen molar-refractivity contribution in [3.8, 4) is 0 Å². The summed E-state index contributed by atoms with van der Waals surface area (Å²) >= 11 is 0. The highest BCUT2D eigenvalue weighted by Gasteiger charge is 2.16. The van der Waals surface area contributed by atoms with E-state index in [0.717, 1.165) is 12.2 Å². The van der Waals surface area contributed by atoms with Crippen LogP contribution in [0.25, 0.3) is 10.9 Å². The summed E-state index contributed by atoms with van der Waals surface area (Å²) < 4.78 is 1.63. The lowest BCUT2D eigenvalue weighted by Crippen LogP contribution is -2.29. The van der Waals surface area contributed by atoms with Gasteiger partial charge in [0.15, 0.2) is 0 Å². The van der Waals surface area contributed by atoms with Crippen LogP contribution < -0.4 is 16.2 Å². The third kappa shape index (κ3) is 6.37. The molecule has 0 bridgehead atoms. The molecule has 1 aromatic heterocycles. The summed E-state index contributed by atoms with van der Waals surface area (Å²) in [6.07, 6.45) is 4.90. The van der Waals surface area contributed by atoms with E-state index in [1.807, 2.05) is 25.1 Å². The molecule has 2 N–H and O–H groups in total. The standard InChI is InChI=1S/C28H35N5O3/c1-20(6-13-27(35)30-19-34)33-21(2)31-26-12-11-24(16-25(26)28(33)36)29-17-22-7-9-23(10-8-22)18-32-14-4-3-5-15-32/h7-12,16,19-20,29H,3-6,13-15,17-18H2,1-2H3,(H,30,34,35). The smallest absolute Gasteiger partial charge is 0.261 e. The number of aryl methyl sites for hydroxylation is 1. The average Bonchev–Trinajstić information content (AvgIpc) is 2.88. The normalized spacial score (nSPS) is 14.9. The van der Waals surface area contributed by atoms with E-state index < -0.39 is 0 Å². The number of nitrogens with one attached hydrogen (secondary N) is 2. The Labute approximate surface area is 211 Å². The number of piperidine rings is 1. The minimum Gasteiger partial charge on any atom is -0.381 e. The van der Waals surface area contributed by atoms with Crippen molar-refractivity contribution in [1.29, 1.82) is 0 Å². The van der Waals surface area contributed by atoms with Gasteiger partial charge in [-0.25, -0.2) is 4.98 Å². The lowest BCUT2D eigenvalue weighted by Gasteiger charge is -2.26. The Morgan fingerprint density at radius 1 is 1.08 bits per heavy atom. The maximum absolute atomic E-state index is 13.3. The molecule has 3 aromatic rings. The number of anilines is 1. The van der Waals surface area contributed by atoms with Crippen LogP contribution in [0.1, 0.15) is 62.0 Å². The molecule has 0 saturated carbocycles. The van der Waals surface area contributed by atoms with Gasteiger partial charge in [0.05, 0.1) is 10.9 Å². The third-order valence-corrected chi connectivity index (χ3v) is 6.90. The number of benzene rings is 2. The largest absolute Gasteiger partial charge is 0.381 e. The summed E-state index contributed by atoms with van der Waals surface area (Å²) in [5, 5.41) is 6.09. The van der Waals surface area contributed by atoms with Gasteiger partial charge in [0, 0.05) is 31.2 Å². The Kier molecular flexibility index (Phi) is 8.48. The number of carbonyl (C=O) groups excluding carboxylic acids is 2. The second-order valence-electron chi connectivity index (χ2n) is 9.65. The number of amides is 2. The van der Waals surface area contributed by atoms with Crippen LogP contribution in [0, 0.1) is 6.92 Å². The van der Waals surface area contributed by atoms with Crippen molar-refractivity contribution >= 4 is 28.9 Å². The van der Waals surface area contributed by atoms with Gasteiger partial charge in [-0.15, -0.1) is 0 Å². The van der Waals surface area contributed by atoms with E-state index in [4.69, 9.17) is 0 Å². The minimum atomic E-state index is -0.359. The summed E-state index contributed by atoms with van der Waals surface area (Å²) in [6, 6.07) is 14.1. The van der Waals surface area contributed by atoms with E-state index in [9.17, 15) is 14.4 Å². The Hall–Kier alpha value is -3.52. The van der Waals surface area contributed by atoms with Crippen molar-refractivity contribution in [3.05, 3.63) is 69.8 Å². The summed E-state index contributed by atoms with van der Waals surface area (Å²) in [7, 11) is 0. The number of hydrogen-bond donors (Lipinski definition) is 2. The van der Waals surface area contributed by atoms with Gasteiger partial charge in [0.1, 0.15) is 5.82 Å². The number of imide groups is 1. The van der Waals surface area contributed by atoms with Gasteiger partial charge in [-0.2, -0.15) is 0 Å². The van der Waals surface area contributed by atoms with Gasteiger partial charge in [-0.05, 0) is 75.5 Å². The fourth-order valence-electron chi connectivity index (χ4n) is 4.89. The SMILES string of the molecule is Cc1nc2ccc(NCc3ccc(CN4CCCCC4)cc3)cc2c(=O)n1C(C)CCC(=O)NC=O. The van der Waals surface area contributed by atoms with E-state index in [1.165, 1.54) is 43.5 Å². The Bertz CT molecular complexity index is 1260. The molecule has 1 aliphatic heterocycles. The molecule has 0 aliphatic carbocycles. The summed E-state index contributed by atoms with van der Waals surface area (Å²) in [6.45, 7) is 7.73. The molecular formula is C28H35N5O3. The molecule has 1 aliphatic rings. The Morgan fingerprint density at radius 2 is 1.81 bits per heavy atom. The quantitative estimate of drug-likeness (QED) is 0.419. The van der Waals surface area contributed by atoms with E-state index in [1.54, 1.807) is 11.5 Å². The first kappa shape index (κ1) is 25.6. The molecule has 36 heavy (non-hydrogen) atoms. The van der Waals surface area contributed by atoms with Crippen LogP contribution in [0.4, 0.5) is 5.69 Å². The van der Waals surface area contributed by atoms with Crippen molar-refractivity contribution in [2.45, 2.75) is 65.1 Å². The predicted molar refractivity (Wildman–Crippen MR) is 142 cm³/mol. The molecule has 8 heteroatoms. The highest BCUT2D eigenvalue weighted by molar-refractivity contribution is 5.85. The Morgan fingerprint density at radius 3 is 2.53 bits per heavy atom. The van der Waals surface area contributed by atoms with Gasteiger partial charge < -0.3 is 5.32 Å². The van der Waals surface area contributed by atoms with E-state index in [-0.39, 0.29) is 23.9 Å². The van der Waals surface area contributed by atoms with Crippen LogP contribution in [-0.2, 0) is 22.7 Å². The first-order chi connectivity index (χ1) is 17.4. The molecule has 0 spiro atoms. The number of nitrogens with zero attached hydrogens (tertiary/aromatic N) is 3. The first-order valence-corrected chi connectivity index (χ1v) is 12.7. The van der Waals surface area contributed by atoms with Crippen LogP contribution >= 0.6 is 0 Å². The lowest BCUT2D eigenvalue weighted by atomic mass is 10.1. The van der Waals surface area contributed by atoms with Crippen molar-refractivity contribution in [2.75, 3.05) is 18.4 Å². The number of rotatable bonds is 10. The summed E-state index contributed by atoms with van der Waals surface area (Å²) in [5.41, 5.74) is 3.89. The zero-order valence-electron chi connectivity index (χ0n) is 21.1. The fourth-order valence-corrected chi connectivity index (χ4v) is 4.89. The van der Waals surface area contributed by atoms with E-state index in [2.05, 4.69) is 44.8 Å². The van der Waals surface area contributed by atoms with Gasteiger partial charge in [-0.1, -0.05) is 30.7 Å². The van der Waals surface area contributed by atoms with Crippen molar-refractivity contribution in [3.63, 3.8) is 0 Å². The lowest BCUT2D eigenvalue weighted by molar-refractivity contribution is -0.125. The van der Waals surface area contributed by atoms with E-state index in [0.29, 0.717) is 36.1 Å². The van der Waals surface area contributed by atoms with Crippen LogP contribution in [-0.4, -0.2) is 39.9 Å². The second-order valence-corrected chi connectivity index (χ2v) is 9.65. The number of aromatic nitrogens is 2. The number of hydrogen-bond acceptors (Lipinski definition) is 6. The first-order valence-electron chi connectivity index (χ1n) is 12.7. The van der Waals surface area contributed by atoms with Crippen LogP contribution in [0.3, 0.4) is 0 Å². The molecule has 4 rings (SSSR count). The predicted octanol–water partition coefficient (Wildman–Crippen LogP) is 3.92. The van der Waals surface area contributed by atoms with Crippen molar-refractivity contribution in [2.24, 2.45) is 0 Å². The molecule has 2 amide bonds. The molecule has 1 unspecified atom stereocenters. The molecule has 8 nitrogen and oxygen atoms in total. The number of fused-ring (bicyclic) bond motifs is 1. The zero-order valence-corrected chi connectivity index (χ0v) is 21.1. The Balaban J connectivity index is 1.43. The number of likely N-dealkylation sites (tertiary alicyclic amines) is 1. The number of carbonyl (C=O) groups is 2. The topological polar surface area (TPSA) is 96.3 Å². The molecule has 1 fully saturated rings. The second kappa shape index (κ2) is 11.9. The summed E-state index contributed by atoms with van der Waals surface area (Å²) in [4.78, 5) is 42.5.